The van der Waals surface area contributed by atoms with Crippen LogP contribution in [0.4, 0.5) is 8.78 Å². The van der Waals surface area contributed by atoms with Crippen LogP contribution in [-0.2, 0) is 4.79 Å². The monoisotopic (exact) mass is 322 g/mol. The maximum atomic E-state index is 14.1. The summed E-state index contributed by atoms with van der Waals surface area (Å²) < 4.78 is 27.3. The third kappa shape index (κ3) is 3.11. The van der Waals surface area contributed by atoms with E-state index in [9.17, 15) is 13.6 Å². The minimum absolute atomic E-state index is 0.113. The van der Waals surface area contributed by atoms with Crippen molar-refractivity contribution in [2.24, 2.45) is 0 Å². The van der Waals surface area contributed by atoms with Gasteiger partial charge in [0.15, 0.2) is 0 Å². The van der Waals surface area contributed by atoms with Crippen LogP contribution >= 0.6 is 0 Å². The van der Waals surface area contributed by atoms with Gasteiger partial charge in [-0.2, -0.15) is 0 Å². The van der Waals surface area contributed by atoms with Gasteiger partial charge in [0.1, 0.15) is 11.6 Å². The van der Waals surface area contributed by atoms with Gasteiger partial charge in [0.25, 0.3) is 0 Å². The molecule has 3 nitrogen and oxygen atoms in total. The summed E-state index contributed by atoms with van der Waals surface area (Å²) >= 11 is 0. The lowest BCUT2D eigenvalue weighted by molar-refractivity contribution is -0.130. The lowest BCUT2D eigenvalue weighted by atomic mass is 9.99. The van der Waals surface area contributed by atoms with Crippen LogP contribution in [0.15, 0.2) is 18.2 Å². The molecule has 1 aromatic rings. The summed E-state index contributed by atoms with van der Waals surface area (Å²) in [4.78, 5) is 16.1. The summed E-state index contributed by atoms with van der Waals surface area (Å²) in [6.45, 7) is 5.32. The third-order valence-electron chi connectivity index (χ3n) is 5.40. The number of nitrogens with zero attached hydrogens (tertiary/aromatic N) is 2. The normalized spacial score (nSPS) is 26.7. The number of hydrogen-bond acceptors (Lipinski definition) is 2. The molecule has 3 atom stereocenters. The van der Waals surface area contributed by atoms with E-state index in [1.807, 2.05) is 11.8 Å². The van der Waals surface area contributed by atoms with Crippen LogP contribution < -0.4 is 0 Å². The number of hydrogen-bond donors (Lipinski definition) is 0. The van der Waals surface area contributed by atoms with Crippen molar-refractivity contribution in [3.63, 3.8) is 0 Å². The van der Waals surface area contributed by atoms with Gasteiger partial charge in [-0.15, -0.1) is 0 Å². The molecule has 2 saturated heterocycles. The smallest absolute Gasteiger partial charge is 0.219 e. The molecule has 2 aliphatic rings. The molecular formula is C18H24F2N2O. The molecule has 0 unspecified atom stereocenters. The molecule has 0 aromatic heterocycles. The second-order valence-corrected chi connectivity index (χ2v) is 6.71. The minimum atomic E-state index is -0.546. The van der Waals surface area contributed by atoms with Crippen molar-refractivity contribution in [2.75, 3.05) is 13.1 Å². The van der Waals surface area contributed by atoms with Crippen LogP contribution in [0.25, 0.3) is 0 Å². The maximum Gasteiger partial charge on any atom is 0.219 e. The van der Waals surface area contributed by atoms with Crippen LogP contribution in [0.2, 0.25) is 0 Å². The molecule has 2 fully saturated rings. The Morgan fingerprint density at radius 3 is 2.57 bits per heavy atom. The molecule has 126 valence electrons. The van der Waals surface area contributed by atoms with Gasteiger partial charge in [0.05, 0.1) is 0 Å². The van der Waals surface area contributed by atoms with E-state index in [0.29, 0.717) is 5.56 Å². The number of carbonyl (C=O) groups is 1. The Kier molecular flexibility index (Phi) is 4.67. The van der Waals surface area contributed by atoms with E-state index in [0.717, 1.165) is 44.8 Å². The number of halogens is 2. The van der Waals surface area contributed by atoms with Gasteiger partial charge in [0.2, 0.25) is 5.91 Å². The van der Waals surface area contributed by atoms with Gasteiger partial charge in [-0.1, -0.05) is 6.07 Å². The summed E-state index contributed by atoms with van der Waals surface area (Å²) in [6.07, 6.45) is 4.13. The molecule has 1 amide bonds. The van der Waals surface area contributed by atoms with Gasteiger partial charge >= 0.3 is 0 Å². The summed E-state index contributed by atoms with van der Waals surface area (Å²) in [6, 6.07) is 4.19. The van der Waals surface area contributed by atoms with E-state index in [1.54, 1.807) is 13.0 Å². The average molecular weight is 322 g/mol. The third-order valence-corrected chi connectivity index (χ3v) is 5.40. The fraction of sp³-hybridized carbons (Fsp3) is 0.611. The first-order valence-electron chi connectivity index (χ1n) is 8.47. The molecule has 0 bridgehead atoms. The van der Waals surface area contributed by atoms with Crippen molar-refractivity contribution in [3.05, 3.63) is 35.4 Å². The van der Waals surface area contributed by atoms with Crippen LogP contribution in [0.5, 0.6) is 0 Å². The van der Waals surface area contributed by atoms with Crippen molar-refractivity contribution in [1.82, 2.24) is 9.80 Å². The largest absolute Gasteiger partial charge is 0.338 e. The number of amides is 1. The van der Waals surface area contributed by atoms with E-state index in [-0.39, 0.29) is 24.0 Å². The summed E-state index contributed by atoms with van der Waals surface area (Å²) in [7, 11) is 0. The molecule has 0 aliphatic carbocycles. The van der Waals surface area contributed by atoms with E-state index in [2.05, 4.69) is 4.90 Å². The standard InChI is InChI=1S/C18H24F2N2O/c1-12(15-8-7-14(19)11-16(15)20)21-9-3-5-17(21)18-6-4-10-22(18)13(2)23/h7-8,11-12,17-18H,3-6,9-10H2,1-2H3/t12-,17+,18-/m1/s1. The van der Waals surface area contributed by atoms with Crippen molar-refractivity contribution in [2.45, 2.75) is 57.7 Å². The molecular weight excluding hydrogens is 298 g/mol. The Morgan fingerprint density at radius 2 is 1.87 bits per heavy atom. The Balaban J connectivity index is 1.82. The maximum absolute atomic E-state index is 14.1. The lowest BCUT2D eigenvalue weighted by Gasteiger charge is -2.38. The second-order valence-electron chi connectivity index (χ2n) is 6.71. The minimum Gasteiger partial charge on any atom is -0.338 e. The van der Waals surface area contributed by atoms with Crippen LogP contribution in [0.3, 0.4) is 0 Å². The molecule has 2 aliphatic heterocycles. The second kappa shape index (κ2) is 6.56. The highest BCUT2D eigenvalue weighted by Crippen LogP contribution is 2.36. The average Bonchev–Trinajstić information content (AvgIpc) is 3.15. The number of rotatable bonds is 3. The fourth-order valence-electron chi connectivity index (χ4n) is 4.31. The Hall–Kier alpha value is -1.49. The highest BCUT2D eigenvalue weighted by atomic mass is 19.1. The summed E-state index contributed by atoms with van der Waals surface area (Å²) in [5.74, 6) is -0.909. The van der Waals surface area contributed by atoms with Gasteiger partial charge in [-0.25, -0.2) is 8.78 Å². The summed E-state index contributed by atoms with van der Waals surface area (Å²) in [5, 5.41) is 0. The van der Waals surface area contributed by atoms with E-state index >= 15 is 0 Å². The number of benzene rings is 1. The molecule has 0 N–H and O–H groups in total. The molecule has 0 saturated carbocycles. The number of carbonyl (C=O) groups excluding carboxylic acids is 1. The topological polar surface area (TPSA) is 23.6 Å². The van der Waals surface area contributed by atoms with Gasteiger partial charge in [-0.05, 0) is 45.2 Å². The number of likely N-dealkylation sites (tertiary alicyclic amines) is 2. The quantitative estimate of drug-likeness (QED) is 0.850. The molecule has 5 heteroatoms. The SMILES string of the molecule is CC(=O)N1CCC[C@@H]1[C@@H]1CCCN1[C@H](C)c1ccc(F)cc1F. The van der Waals surface area contributed by atoms with Crippen LogP contribution in [-0.4, -0.2) is 40.9 Å². The molecule has 23 heavy (non-hydrogen) atoms. The van der Waals surface area contributed by atoms with E-state index < -0.39 is 11.6 Å². The van der Waals surface area contributed by atoms with Gasteiger partial charge < -0.3 is 4.90 Å². The first-order chi connectivity index (χ1) is 11.0. The highest BCUT2D eigenvalue weighted by molar-refractivity contribution is 5.74. The van der Waals surface area contributed by atoms with E-state index in [1.165, 1.54) is 6.07 Å². The molecule has 0 spiro atoms. The Morgan fingerprint density at radius 1 is 1.17 bits per heavy atom. The Bertz CT molecular complexity index is 592. The van der Waals surface area contributed by atoms with Crippen LogP contribution in [0.1, 0.15) is 51.1 Å². The van der Waals surface area contributed by atoms with E-state index in [4.69, 9.17) is 0 Å². The predicted molar refractivity (Wildman–Crippen MR) is 84.9 cm³/mol. The van der Waals surface area contributed by atoms with Crippen molar-refractivity contribution >= 4 is 5.91 Å². The van der Waals surface area contributed by atoms with Crippen LogP contribution in [0, 0.1) is 11.6 Å². The molecule has 2 heterocycles. The fourth-order valence-corrected chi connectivity index (χ4v) is 4.31. The molecule has 3 rings (SSSR count). The van der Waals surface area contributed by atoms with Crippen molar-refractivity contribution < 1.29 is 13.6 Å². The molecule has 1 aromatic carbocycles. The lowest BCUT2D eigenvalue weighted by Crippen LogP contribution is -2.48. The zero-order valence-corrected chi connectivity index (χ0v) is 13.8. The predicted octanol–water partition coefficient (Wildman–Crippen LogP) is 3.50. The zero-order valence-electron chi connectivity index (χ0n) is 13.8. The first kappa shape index (κ1) is 16.4. The van der Waals surface area contributed by atoms with Crippen molar-refractivity contribution in [3.8, 4) is 0 Å². The van der Waals surface area contributed by atoms with Gasteiger partial charge in [0, 0.05) is 43.2 Å². The molecule has 0 radical (unpaired) electrons. The summed E-state index contributed by atoms with van der Waals surface area (Å²) in [5.41, 5.74) is 0.533. The Labute approximate surface area is 136 Å². The van der Waals surface area contributed by atoms with Gasteiger partial charge in [-0.3, -0.25) is 9.69 Å². The zero-order chi connectivity index (χ0) is 16.6. The first-order valence-corrected chi connectivity index (χ1v) is 8.47. The highest BCUT2D eigenvalue weighted by Gasteiger charge is 2.40. The van der Waals surface area contributed by atoms with Crippen molar-refractivity contribution in [1.29, 1.82) is 0 Å².